The van der Waals surface area contributed by atoms with Gasteiger partial charge >= 0.3 is 0 Å². The molecule has 0 radical (unpaired) electrons. The number of hydrazone groups is 1. The second kappa shape index (κ2) is 9.31. The van der Waals surface area contributed by atoms with Crippen molar-refractivity contribution in [3.8, 4) is 11.8 Å². The van der Waals surface area contributed by atoms with Gasteiger partial charge in [0.2, 0.25) is 0 Å². The molecule has 0 saturated carbocycles. The molecule has 0 atom stereocenters. The average molecular weight is 442 g/mol. The lowest BCUT2D eigenvalue weighted by molar-refractivity contribution is 0.184. The van der Waals surface area contributed by atoms with Crippen molar-refractivity contribution < 1.29 is 4.74 Å². The molecule has 2 heterocycles. The summed E-state index contributed by atoms with van der Waals surface area (Å²) in [5.74, 6) is 0.402. The molecule has 2 aromatic heterocycles. The van der Waals surface area contributed by atoms with Crippen molar-refractivity contribution in [1.82, 2.24) is 9.55 Å². The van der Waals surface area contributed by atoms with E-state index in [1.54, 1.807) is 19.4 Å². The Hall–Kier alpha value is -2.85. The molecule has 30 heavy (non-hydrogen) atoms. The molecule has 1 N–H and O–H groups in total. The molecule has 0 aliphatic rings. The number of hydrogen-bond donors (Lipinski definition) is 1. The van der Waals surface area contributed by atoms with Crippen LogP contribution in [0.15, 0.2) is 35.4 Å². The smallest absolute Gasteiger partial charge is 0.164 e. The van der Waals surface area contributed by atoms with E-state index >= 15 is 0 Å². The van der Waals surface area contributed by atoms with Crippen LogP contribution < -0.4 is 5.43 Å². The van der Waals surface area contributed by atoms with Crippen LogP contribution in [0.25, 0.3) is 5.69 Å². The monoisotopic (exact) mass is 441 g/mol. The highest BCUT2D eigenvalue weighted by Gasteiger charge is 2.12. The third-order valence-corrected chi connectivity index (χ3v) is 5.39. The highest BCUT2D eigenvalue weighted by Crippen LogP contribution is 2.27. The van der Waals surface area contributed by atoms with Crippen LogP contribution in [0.1, 0.15) is 33.8 Å². The average Bonchev–Trinajstić information content (AvgIpc) is 2.98. The number of methoxy groups -OCH3 is 1. The molecule has 0 amide bonds. The van der Waals surface area contributed by atoms with Crippen molar-refractivity contribution in [3.63, 3.8) is 0 Å². The summed E-state index contributed by atoms with van der Waals surface area (Å²) in [5, 5.41) is 14.9. The Morgan fingerprint density at radius 2 is 1.97 bits per heavy atom. The maximum Gasteiger partial charge on any atom is 0.164 e. The van der Waals surface area contributed by atoms with Crippen molar-refractivity contribution in [2.24, 2.45) is 5.10 Å². The first-order valence-electron chi connectivity index (χ1n) is 9.18. The Morgan fingerprint density at radius 1 is 1.20 bits per heavy atom. The largest absolute Gasteiger partial charge is 0.380 e. The molecular formula is C22H21Cl2N5O. The molecule has 1 aromatic carbocycles. The Morgan fingerprint density at radius 3 is 2.63 bits per heavy atom. The molecule has 0 aliphatic heterocycles. The number of hydrogen-bond acceptors (Lipinski definition) is 5. The van der Waals surface area contributed by atoms with Crippen LogP contribution in [0.2, 0.25) is 10.0 Å². The van der Waals surface area contributed by atoms with Gasteiger partial charge < -0.3 is 9.30 Å². The number of halogens is 2. The minimum Gasteiger partial charge on any atom is -0.380 e. The second-order valence-electron chi connectivity index (χ2n) is 6.82. The number of pyridine rings is 1. The van der Waals surface area contributed by atoms with Crippen LogP contribution in [0.5, 0.6) is 0 Å². The zero-order valence-electron chi connectivity index (χ0n) is 17.1. The number of nitriles is 1. The molecule has 3 aromatic rings. The first-order chi connectivity index (χ1) is 14.3. The highest BCUT2D eigenvalue weighted by atomic mass is 35.5. The minimum atomic E-state index is 0.329. The van der Waals surface area contributed by atoms with E-state index in [0.717, 1.165) is 33.9 Å². The van der Waals surface area contributed by atoms with Gasteiger partial charge in [-0.1, -0.05) is 23.2 Å². The first kappa shape index (κ1) is 21.8. The van der Waals surface area contributed by atoms with E-state index in [1.807, 2.05) is 45.0 Å². The molecular weight excluding hydrogens is 421 g/mol. The van der Waals surface area contributed by atoms with Crippen molar-refractivity contribution in [1.29, 1.82) is 5.26 Å². The van der Waals surface area contributed by atoms with Crippen molar-refractivity contribution >= 4 is 35.2 Å². The van der Waals surface area contributed by atoms with Gasteiger partial charge in [-0.3, -0.25) is 5.43 Å². The van der Waals surface area contributed by atoms with E-state index < -0.39 is 0 Å². The maximum absolute atomic E-state index is 9.52. The normalized spacial score (nSPS) is 11.1. The molecule has 8 heteroatoms. The van der Waals surface area contributed by atoms with E-state index in [2.05, 4.69) is 26.1 Å². The molecule has 3 rings (SSSR count). The summed E-state index contributed by atoms with van der Waals surface area (Å²) in [6.45, 7) is 6.20. The Balaban J connectivity index is 1.90. The van der Waals surface area contributed by atoms with E-state index in [9.17, 15) is 5.26 Å². The summed E-state index contributed by atoms with van der Waals surface area (Å²) >= 11 is 12.2. The highest BCUT2D eigenvalue weighted by molar-refractivity contribution is 6.42. The molecule has 154 valence electrons. The van der Waals surface area contributed by atoms with Crippen LogP contribution in [0.4, 0.5) is 5.82 Å². The van der Waals surface area contributed by atoms with Gasteiger partial charge in [-0.05, 0) is 51.1 Å². The van der Waals surface area contributed by atoms with Crippen molar-refractivity contribution in [2.45, 2.75) is 27.4 Å². The van der Waals surface area contributed by atoms with Gasteiger partial charge in [0.25, 0.3) is 0 Å². The number of anilines is 1. The molecule has 0 unspecified atom stereocenters. The predicted molar refractivity (Wildman–Crippen MR) is 121 cm³/mol. The lowest BCUT2D eigenvalue weighted by atomic mass is 10.1. The fourth-order valence-electron chi connectivity index (χ4n) is 3.32. The molecule has 0 bridgehead atoms. The first-order valence-corrected chi connectivity index (χ1v) is 9.94. The van der Waals surface area contributed by atoms with E-state index in [-0.39, 0.29) is 0 Å². The van der Waals surface area contributed by atoms with Crippen LogP contribution in [0, 0.1) is 32.1 Å². The topological polar surface area (TPSA) is 75.2 Å². The zero-order valence-corrected chi connectivity index (χ0v) is 18.6. The lowest BCUT2D eigenvalue weighted by Gasteiger charge is -2.10. The summed E-state index contributed by atoms with van der Waals surface area (Å²) in [6, 6.07) is 11.6. The summed E-state index contributed by atoms with van der Waals surface area (Å²) < 4.78 is 7.25. The predicted octanol–water partition coefficient (Wildman–Crippen LogP) is 5.57. The van der Waals surface area contributed by atoms with Crippen molar-refractivity contribution in [2.75, 3.05) is 12.5 Å². The number of benzene rings is 1. The summed E-state index contributed by atoms with van der Waals surface area (Å²) in [6.07, 6.45) is 1.71. The molecule has 0 aliphatic carbocycles. The van der Waals surface area contributed by atoms with E-state index in [0.29, 0.717) is 28.0 Å². The lowest BCUT2D eigenvalue weighted by Crippen LogP contribution is -2.04. The van der Waals surface area contributed by atoms with Gasteiger partial charge in [0.05, 0.1) is 22.9 Å². The Labute approximate surface area is 185 Å². The maximum atomic E-state index is 9.52. The third-order valence-electron chi connectivity index (χ3n) is 4.65. The van der Waals surface area contributed by atoms with Crippen LogP contribution >= 0.6 is 23.2 Å². The Bertz CT molecular complexity index is 1160. The molecule has 6 nitrogen and oxygen atoms in total. The summed E-state index contributed by atoms with van der Waals surface area (Å²) in [4.78, 5) is 4.39. The van der Waals surface area contributed by atoms with Gasteiger partial charge in [0, 0.05) is 41.0 Å². The number of aryl methyl sites for hydroxylation is 2. The van der Waals surface area contributed by atoms with Gasteiger partial charge in [0.15, 0.2) is 5.82 Å². The molecule has 0 saturated heterocycles. The Kier molecular flexibility index (Phi) is 6.78. The number of rotatable bonds is 6. The SMILES string of the molecule is COCc1cc(C)nc(N/N=C\c2cc(C)n(-c3ccc(Cl)c(Cl)c3)c2C)c1C#N. The quantitative estimate of drug-likeness (QED) is 0.400. The fourth-order valence-corrected chi connectivity index (χ4v) is 3.61. The fraction of sp³-hybridized carbons (Fsp3) is 0.227. The van der Waals surface area contributed by atoms with Crippen LogP contribution in [0.3, 0.4) is 0 Å². The minimum absolute atomic E-state index is 0.329. The van der Waals surface area contributed by atoms with Crippen molar-refractivity contribution in [3.05, 3.63) is 74.1 Å². The molecule has 0 fully saturated rings. The third kappa shape index (κ3) is 4.49. The number of nitrogens with one attached hydrogen (secondary N) is 1. The van der Waals surface area contributed by atoms with Gasteiger partial charge in [-0.15, -0.1) is 0 Å². The van der Waals surface area contributed by atoms with E-state index in [1.165, 1.54) is 0 Å². The number of aromatic nitrogens is 2. The van der Waals surface area contributed by atoms with E-state index in [4.69, 9.17) is 27.9 Å². The van der Waals surface area contributed by atoms with Gasteiger partial charge in [0.1, 0.15) is 11.6 Å². The summed E-state index contributed by atoms with van der Waals surface area (Å²) in [5.41, 5.74) is 8.72. The molecule has 0 spiro atoms. The van der Waals surface area contributed by atoms with Gasteiger partial charge in [-0.25, -0.2) is 4.98 Å². The van der Waals surface area contributed by atoms with Crippen LogP contribution in [-0.2, 0) is 11.3 Å². The van der Waals surface area contributed by atoms with Gasteiger partial charge in [-0.2, -0.15) is 10.4 Å². The standard InChI is InChI=1S/C22H21Cl2N5O/c1-13-7-17(12-30-4)19(10-25)22(27-13)28-26-11-16-8-14(2)29(15(16)3)18-5-6-20(23)21(24)9-18/h5-9,11H,12H2,1-4H3,(H,27,28)/b26-11-. The number of ether oxygens (including phenoxy) is 1. The zero-order chi connectivity index (χ0) is 21.8. The number of nitrogens with zero attached hydrogens (tertiary/aromatic N) is 4. The summed E-state index contributed by atoms with van der Waals surface area (Å²) in [7, 11) is 1.59. The second-order valence-corrected chi connectivity index (χ2v) is 7.64. The van der Waals surface area contributed by atoms with Crippen LogP contribution in [-0.4, -0.2) is 22.9 Å².